The zero-order valence-electron chi connectivity index (χ0n) is 8.80. The average Bonchev–Trinajstić information content (AvgIpc) is 2.52. The largest absolute Gasteiger partial charge is 0.332 e. The number of rotatable bonds is 4. The summed E-state index contributed by atoms with van der Waals surface area (Å²) in [6.07, 6.45) is 5.21. The van der Waals surface area contributed by atoms with Crippen molar-refractivity contribution in [2.75, 3.05) is 6.26 Å². The summed E-state index contributed by atoms with van der Waals surface area (Å²) in [6, 6.07) is -0.0324. The Morgan fingerprint density at radius 1 is 1.64 bits per heavy atom. The van der Waals surface area contributed by atoms with Crippen LogP contribution in [0.1, 0.15) is 25.6 Å². The van der Waals surface area contributed by atoms with Crippen LogP contribution in [-0.4, -0.2) is 25.3 Å². The van der Waals surface area contributed by atoms with Crippen molar-refractivity contribution in [2.24, 2.45) is 5.73 Å². The Morgan fingerprint density at radius 3 is 2.79 bits per heavy atom. The molecule has 14 heavy (non-hydrogen) atoms. The molecule has 2 N–H and O–H groups in total. The molecule has 3 atom stereocenters. The average molecular weight is 215 g/mol. The summed E-state index contributed by atoms with van der Waals surface area (Å²) < 4.78 is 13.2. The highest BCUT2D eigenvalue weighted by atomic mass is 32.2. The SMILES string of the molecule is CC(Cn1cncc1[C@@H](C)N)S(C)=O. The van der Waals surface area contributed by atoms with Gasteiger partial charge in [-0.3, -0.25) is 4.21 Å². The van der Waals surface area contributed by atoms with E-state index in [9.17, 15) is 4.21 Å². The third-order valence-corrected chi connectivity index (χ3v) is 3.51. The van der Waals surface area contributed by atoms with Gasteiger partial charge in [0.1, 0.15) is 0 Å². The molecule has 0 saturated heterocycles. The van der Waals surface area contributed by atoms with Gasteiger partial charge in [0, 0.05) is 41.1 Å². The quantitative estimate of drug-likeness (QED) is 0.803. The monoisotopic (exact) mass is 215 g/mol. The minimum atomic E-state index is -0.806. The lowest BCUT2D eigenvalue weighted by Gasteiger charge is -2.14. The molecule has 0 aliphatic carbocycles. The van der Waals surface area contributed by atoms with Crippen LogP contribution < -0.4 is 5.73 Å². The van der Waals surface area contributed by atoms with Crippen LogP contribution in [-0.2, 0) is 17.3 Å². The lowest BCUT2D eigenvalue weighted by Crippen LogP contribution is -2.20. The van der Waals surface area contributed by atoms with Crippen LogP contribution in [0.3, 0.4) is 0 Å². The van der Waals surface area contributed by atoms with E-state index in [-0.39, 0.29) is 11.3 Å². The van der Waals surface area contributed by atoms with E-state index in [0.717, 1.165) is 5.69 Å². The highest BCUT2D eigenvalue weighted by molar-refractivity contribution is 7.84. The molecule has 1 heterocycles. The van der Waals surface area contributed by atoms with Gasteiger partial charge >= 0.3 is 0 Å². The van der Waals surface area contributed by atoms with Crippen molar-refractivity contribution < 1.29 is 4.21 Å². The highest BCUT2D eigenvalue weighted by Crippen LogP contribution is 2.10. The number of nitrogens with zero attached hydrogens (tertiary/aromatic N) is 2. The van der Waals surface area contributed by atoms with Gasteiger partial charge < -0.3 is 10.3 Å². The molecule has 5 heteroatoms. The lowest BCUT2D eigenvalue weighted by atomic mass is 10.2. The first-order chi connectivity index (χ1) is 6.52. The second kappa shape index (κ2) is 4.70. The fourth-order valence-corrected chi connectivity index (χ4v) is 1.62. The molecule has 0 fully saturated rings. The molecule has 1 aromatic heterocycles. The molecule has 0 aliphatic rings. The Hall–Kier alpha value is -0.680. The third kappa shape index (κ3) is 2.65. The number of hydrogen-bond acceptors (Lipinski definition) is 3. The van der Waals surface area contributed by atoms with E-state index in [1.807, 2.05) is 18.4 Å². The van der Waals surface area contributed by atoms with Crippen LogP contribution in [0.15, 0.2) is 12.5 Å². The van der Waals surface area contributed by atoms with Crippen LogP contribution in [0, 0.1) is 0 Å². The fourth-order valence-electron chi connectivity index (χ4n) is 1.24. The molecule has 0 amide bonds. The summed E-state index contributed by atoms with van der Waals surface area (Å²) in [4.78, 5) is 4.04. The van der Waals surface area contributed by atoms with Gasteiger partial charge in [-0.2, -0.15) is 0 Å². The van der Waals surface area contributed by atoms with Gasteiger partial charge in [-0.1, -0.05) is 0 Å². The second-order valence-corrected chi connectivity index (χ2v) is 5.37. The van der Waals surface area contributed by atoms with Crippen LogP contribution in [0.2, 0.25) is 0 Å². The first kappa shape index (κ1) is 11.4. The van der Waals surface area contributed by atoms with Gasteiger partial charge in [0.2, 0.25) is 0 Å². The van der Waals surface area contributed by atoms with E-state index in [0.29, 0.717) is 6.54 Å². The zero-order chi connectivity index (χ0) is 10.7. The van der Waals surface area contributed by atoms with E-state index >= 15 is 0 Å². The molecular formula is C9H17N3OS. The van der Waals surface area contributed by atoms with Crippen LogP contribution >= 0.6 is 0 Å². The van der Waals surface area contributed by atoms with E-state index in [1.54, 1.807) is 18.8 Å². The molecule has 0 aliphatic heterocycles. The highest BCUT2D eigenvalue weighted by Gasteiger charge is 2.11. The minimum absolute atomic E-state index is 0.0324. The minimum Gasteiger partial charge on any atom is -0.332 e. The van der Waals surface area contributed by atoms with Gasteiger partial charge in [-0.05, 0) is 13.8 Å². The summed E-state index contributed by atoms with van der Waals surface area (Å²) in [6.45, 7) is 4.59. The summed E-state index contributed by atoms with van der Waals surface area (Å²) in [5.74, 6) is 0. The number of nitrogens with two attached hydrogens (primary N) is 1. The van der Waals surface area contributed by atoms with Crippen molar-refractivity contribution in [1.82, 2.24) is 9.55 Å². The summed E-state index contributed by atoms with van der Waals surface area (Å²) in [5, 5.41) is 0.127. The van der Waals surface area contributed by atoms with E-state index in [2.05, 4.69) is 4.98 Å². The Balaban J connectivity index is 2.76. The molecule has 0 aromatic carbocycles. The van der Waals surface area contributed by atoms with Gasteiger partial charge in [0.15, 0.2) is 0 Å². The van der Waals surface area contributed by atoms with Crippen molar-refractivity contribution in [3.05, 3.63) is 18.2 Å². The first-order valence-electron chi connectivity index (χ1n) is 4.60. The number of imidazole rings is 1. The van der Waals surface area contributed by atoms with Gasteiger partial charge in [0.25, 0.3) is 0 Å². The maximum atomic E-state index is 11.2. The van der Waals surface area contributed by atoms with Crippen molar-refractivity contribution >= 4 is 10.8 Å². The van der Waals surface area contributed by atoms with E-state index in [4.69, 9.17) is 5.73 Å². The number of aromatic nitrogens is 2. The van der Waals surface area contributed by atoms with Crippen LogP contribution in [0.4, 0.5) is 0 Å². The standard InChI is InChI=1S/C9H17N3OS/c1-7(14(3)13)5-12-6-11-4-9(12)8(2)10/h4,6-8H,5,10H2,1-3H3/t7?,8-,14?/m1/s1. The third-order valence-electron chi connectivity index (χ3n) is 2.23. The van der Waals surface area contributed by atoms with Crippen molar-refractivity contribution in [3.8, 4) is 0 Å². The van der Waals surface area contributed by atoms with Gasteiger partial charge in [-0.15, -0.1) is 0 Å². The van der Waals surface area contributed by atoms with Gasteiger partial charge in [-0.25, -0.2) is 4.98 Å². The molecule has 0 spiro atoms. The Labute approximate surface area is 87.0 Å². The Morgan fingerprint density at radius 2 is 2.29 bits per heavy atom. The van der Waals surface area contributed by atoms with Crippen molar-refractivity contribution in [2.45, 2.75) is 31.7 Å². The zero-order valence-corrected chi connectivity index (χ0v) is 9.62. The van der Waals surface area contributed by atoms with E-state index < -0.39 is 10.8 Å². The molecule has 1 aromatic rings. The number of hydrogen-bond donors (Lipinski definition) is 1. The molecule has 0 bridgehead atoms. The maximum absolute atomic E-state index is 11.2. The van der Waals surface area contributed by atoms with E-state index in [1.165, 1.54) is 0 Å². The molecule has 80 valence electrons. The maximum Gasteiger partial charge on any atom is 0.0949 e. The predicted molar refractivity (Wildman–Crippen MR) is 58.4 cm³/mol. The Bertz CT molecular complexity index is 322. The molecule has 1 rings (SSSR count). The fraction of sp³-hybridized carbons (Fsp3) is 0.667. The normalized spacial score (nSPS) is 17.7. The van der Waals surface area contributed by atoms with Crippen molar-refractivity contribution in [3.63, 3.8) is 0 Å². The molecule has 0 saturated carbocycles. The second-order valence-electron chi connectivity index (χ2n) is 3.57. The Kier molecular flexibility index (Phi) is 3.83. The lowest BCUT2D eigenvalue weighted by molar-refractivity contribution is 0.605. The van der Waals surface area contributed by atoms with Crippen LogP contribution in [0.5, 0.6) is 0 Å². The summed E-state index contributed by atoms with van der Waals surface area (Å²) in [7, 11) is -0.806. The molecular weight excluding hydrogens is 198 g/mol. The van der Waals surface area contributed by atoms with Gasteiger partial charge in [0.05, 0.1) is 12.0 Å². The predicted octanol–water partition coefficient (Wildman–Crippen LogP) is 0.670. The molecule has 4 nitrogen and oxygen atoms in total. The summed E-state index contributed by atoms with van der Waals surface area (Å²) >= 11 is 0. The smallest absolute Gasteiger partial charge is 0.0949 e. The van der Waals surface area contributed by atoms with Crippen molar-refractivity contribution in [1.29, 1.82) is 0 Å². The molecule has 0 radical (unpaired) electrons. The van der Waals surface area contributed by atoms with Crippen LogP contribution in [0.25, 0.3) is 0 Å². The molecule has 2 unspecified atom stereocenters. The first-order valence-corrected chi connectivity index (χ1v) is 6.22. The summed E-state index contributed by atoms with van der Waals surface area (Å²) in [5.41, 5.74) is 6.76. The topological polar surface area (TPSA) is 60.9 Å².